The molecule has 1 aliphatic carbocycles. The average molecular weight is 476 g/mol. The lowest BCUT2D eigenvalue weighted by Crippen LogP contribution is -2.28. The maximum absolute atomic E-state index is 13.5. The Bertz CT molecular complexity index is 884. The Morgan fingerprint density at radius 2 is 1.74 bits per heavy atom. The molecule has 1 saturated carbocycles. The minimum absolute atomic E-state index is 0.0450. The molecule has 1 aliphatic rings. The van der Waals surface area contributed by atoms with Gasteiger partial charge in [-0.15, -0.1) is 0 Å². The van der Waals surface area contributed by atoms with Gasteiger partial charge >= 0.3 is 6.18 Å². The monoisotopic (exact) mass is 475 g/mol. The second kappa shape index (κ2) is 10.2. The van der Waals surface area contributed by atoms with Crippen molar-refractivity contribution in [1.82, 2.24) is 14.9 Å². The molecule has 0 aliphatic heterocycles. The van der Waals surface area contributed by atoms with Gasteiger partial charge in [-0.1, -0.05) is 23.2 Å². The SMILES string of the molecule is CN(C)CC1CCC(CNc2nc(Nc3ccc(Cl)c(Cl)c3)ncc2C(F)(F)F)CC1. The number of aromatic nitrogens is 2. The van der Waals surface area contributed by atoms with E-state index in [0.717, 1.165) is 38.4 Å². The molecule has 0 spiro atoms. The van der Waals surface area contributed by atoms with Gasteiger partial charge in [-0.2, -0.15) is 18.2 Å². The highest BCUT2D eigenvalue weighted by atomic mass is 35.5. The van der Waals surface area contributed by atoms with Crippen molar-refractivity contribution < 1.29 is 13.2 Å². The number of halogens is 5. The first kappa shape index (κ1) is 23.9. The second-order valence-corrected chi connectivity index (χ2v) is 9.05. The molecule has 31 heavy (non-hydrogen) atoms. The van der Waals surface area contributed by atoms with Gasteiger partial charge < -0.3 is 15.5 Å². The number of rotatable bonds is 7. The van der Waals surface area contributed by atoms with Crippen molar-refractivity contribution in [1.29, 1.82) is 0 Å². The normalized spacial score (nSPS) is 19.5. The molecule has 0 saturated heterocycles. The molecule has 1 heterocycles. The lowest BCUT2D eigenvalue weighted by molar-refractivity contribution is -0.137. The second-order valence-electron chi connectivity index (χ2n) is 8.24. The van der Waals surface area contributed by atoms with Crippen LogP contribution in [0.2, 0.25) is 10.0 Å². The van der Waals surface area contributed by atoms with Crippen LogP contribution in [0.15, 0.2) is 24.4 Å². The zero-order valence-electron chi connectivity index (χ0n) is 17.4. The third kappa shape index (κ3) is 6.85. The Morgan fingerprint density at radius 1 is 1.06 bits per heavy atom. The summed E-state index contributed by atoms with van der Waals surface area (Å²) in [4.78, 5) is 10.1. The summed E-state index contributed by atoms with van der Waals surface area (Å²) in [5.74, 6) is 0.794. The zero-order chi connectivity index (χ0) is 22.6. The van der Waals surface area contributed by atoms with E-state index in [0.29, 0.717) is 34.1 Å². The highest BCUT2D eigenvalue weighted by Crippen LogP contribution is 2.35. The fraction of sp³-hybridized carbons (Fsp3) is 0.524. The van der Waals surface area contributed by atoms with Gasteiger partial charge in [0.05, 0.1) is 10.0 Å². The molecule has 2 aromatic rings. The number of nitrogens with one attached hydrogen (secondary N) is 2. The van der Waals surface area contributed by atoms with Crippen molar-refractivity contribution in [3.8, 4) is 0 Å². The molecular formula is C21H26Cl2F3N5. The fourth-order valence-corrected chi connectivity index (χ4v) is 4.16. The van der Waals surface area contributed by atoms with Crippen molar-refractivity contribution in [2.45, 2.75) is 31.9 Å². The van der Waals surface area contributed by atoms with Gasteiger partial charge in [-0.25, -0.2) is 4.98 Å². The Labute approximate surface area is 190 Å². The van der Waals surface area contributed by atoms with Crippen LogP contribution in [0.3, 0.4) is 0 Å². The maximum atomic E-state index is 13.5. The predicted molar refractivity (Wildman–Crippen MR) is 119 cm³/mol. The zero-order valence-corrected chi connectivity index (χ0v) is 19.0. The third-order valence-corrected chi connectivity index (χ3v) is 6.16. The number of nitrogens with zero attached hydrogens (tertiary/aromatic N) is 3. The van der Waals surface area contributed by atoms with E-state index < -0.39 is 11.7 Å². The van der Waals surface area contributed by atoms with Crippen molar-refractivity contribution in [2.24, 2.45) is 11.8 Å². The van der Waals surface area contributed by atoms with E-state index >= 15 is 0 Å². The molecule has 0 atom stereocenters. The largest absolute Gasteiger partial charge is 0.421 e. The minimum atomic E-state index is -4.55. The minimum Gasteiger partial charge on any atom is -0.369 e. The average Bonchev–Trinajstić information content (AvgIpc) is 2.69. The van der Waals surface area contributed by atoms with Crippen LogP contribution in [0.1, 0.15) is 31.2 Å². The first-order valence-electron chi connectivity index (χ1n) is 10.2. The highest BCUT2D eigenvalue weighted by molar-refractivity contribution is 6.42. The predicted octanol–water partition coefficient (Wildman–Crippen LogP) is 6.33. The van der Waals surface area contributed by atoms with E-state index in [-0.39, 0.29) is 11.8 Å². The quantitative estimate of drug-likeness (QED) is 0.490. The standard InChI is InChI=1S/C21H26Cl2F3N5/c1-31(2)12-14-5-3-13(4-6-14)10-27-19-16(21(24,25)26)11-28-20(30-19)29-15-7-8-17(22)18(23)9-15/h7-9,11,13-14H,3-6,10,12H2,1-2H3,(H2,27,28,29,30). The van der Waals surface area contributed by atoms with Crippen molar-refractivity contribution in [3.63, 3.8) is 0 Å². The molecule has 2 N–H and O–H groups in total. The number of alkyl halides is 3. The Balaban J connectivity index is 1.69. The van der Waals surface area contributed by atoms with Gasteiger partial charge in [0.25, 0.3) is 0 Å². The number of anilines is 3. The summed E-state index contributed by atoms with van der Waals surface area (Å²) >= 11 is 11.9. The molecule has 10 heteroatoms. The van der Waals surface area contributed by atoms with Crippen LogP contribution >= 0.6 is 23.2 Å². The number of hydrogen-bond acceptors (Lipinski definition) is 5. The fourth-order valence-electron chi connectivity index (χ4n) is 3.86. The van der Waals surface area contributed by atoms with Gasteiger partial charge in [-0.05, 0) is 69.8 Å². The Kier molecular flexibility index (Phi) is 7.88. The van der Waals surface area contributed by atoms with Gasteiger partial charge in [0.2, 0.25) is 5.95 Å². The van der Waals surface area contributed by atoms with Gasteiger partial charge in [-0.3, -0.25) is 0 Å². The van der Waals surface area contributed by atoms with E-state index in [1.54, 1.807) is 18.2 Å². The smallest absolute Gasteiger partial charge is 0.369 e. The molecule has 3 rings (SSSR count). The topological polar surface area (TPSA) is 53.1 Å². The molecule has 1 aromatic heterocycles. The van der Waals surface area contributed by atoms with Crippen LogP contribution in [0, 0.1) is 11.8 Å². The molecule has 1 aromatic carbocycles. The van der Waals surface area contributed by atoms with E-state index in [1.165, 1.54) is 0 Å². The molecule has 170 valence electrons. The molecule has 5 nitrogen and oxygen atoms in total. The summed E-state index contributed by atoms with van der Waals surface area (Å²) in [5, 5.41) is 6.50. The summed E-state index contributed by atoms with van der Waals surface area (Å²) in [6.45, 7) is 1.50. The third-order valence-electron chi connectivity index (χ3n) is 5.42. The summed E-state index contributed by atoms with van der Waals surface area (Å²) in [6.07, 6.45) is 0.407. The van der Waals surface area contributed by atoms with Gasteiger partial charge in [0.1, 0.15) is 11.4 Å². The van der Waals surface area contributed by atoms with Crippen LogP contribution in [-0.4, -0.2) is 42.1 Å². The molecule has 0 bridgehead atoms. The van der Waals surface area contributed by atoms with Crippen molar-refractivity contribution in [3.05, 3.63) is 40.0 Å². The lowest BCUT2D eigenvalue weighted by Gasteiger charge is -2.30. The summed E-state index contributed by atoms with van der Waals surface area (Å²) in [7, 11) is 4.12. The molecule has 1 fully saturated rings. The molecule has 0 unspecified atom stereocenters. The van der Waals surface area contributed by atoms with Crippen LogP contribution in [0.5, 0.6) is 0 Å². The van der Waals surface area contributed by atoms with Gasteiger partial charge in [0.15, 0.2) is 0 Å². The van der Waals surface area contributed by atoms with Crippen LogP contribution in [-0.2, 0) is 6.18 Å². The van der Waals surface area contributed by atoms with E-state index in [9.17, 15) is 13.2 Å². The summed E-state index contributed by atoms with van der Waals surface area (Å²) in [6, 6.07) is 4.79. The van der Waals surface area contributed by atoms with E-state index in [2.05, 4.69) is 39.6 Å². The Hall–Kier alpha value is -1.77. The lowest BCUT2D eigenvalue weighted by atomic mass is 9.82. The number of hydrogen-bond donors (Lipinski definition) is 2. The maximum Gasteiger partial charge on any atom is 0.421 e. The van der Waals surface area contributed by atoms with Crippen LogP contribution < -0.4 is 10.6 Å². The Morgan fingerprint density at radius 3 is 2.35 bits per heavy atom. The highest BCUT2D eigenvalue weighted by Gasteiger charge is 2.35. The number of benzene rings is 1. The van der Waals surface area contributed by atoms with E-state index in [1.807, 2.05) is 0 Å². The van der Waals surface area contributed by atoms with Crippen molar-refractivity contribution in [2.75, 3.05) is 37.8 Å². The molecule has 0 amide bonds. The molecular weight excluding hydrogens is 450 g/mol. The van der Waals surface area contributed by atoms with Gasteiger partial charge in [0, 0.05) is 25.0 Å². The summed E-state index contributed by atoms with van der Waals surface area (Å²) in [5.41, 5.74) is -0.354. The first-order chi connectivity index (χ1) is 14.6. The van der Waals surface area contributed by atoms with Crippen LogP contribution in [0.4, 0.5) is 30.6 Å². The molecule has 0 radical (unpaired) electrons. The van der Waals surface area contributed by atoms with E-state index in [4.69, 9.17) is 23.2 Å². The summed E-state index contributed by atoms with van der Waals surface area (Å²) < 4.78 is 40.4. The van der Waals surface area contributed by atoms with Crippen LogP contribution in [0.25, 0.3) is 0 Å². The van der Waals surface area contributed by atoms with Crippen molar-refractivity contribution >= 4 is 40.7 Å². The first-order valence-corrected chi connectivity index (χ1v) is 10.9.